The van der Waals surface area contributed by atoms with Crippen molar-refractivity contribution < 1.29 is 4.74 Å². The molecular formula is C10H16N2O. The first-order valence-electron chi connectivity index (χ1n) is 4.80. The zero-order valence-corrected chi connectivity index (χ0v) is 7.97. The van der Waals surface area contributed by atoms with E-state index < -0.39 is 0 Å². The van der Waals surface area contributed by atoms with Gasteiger partial charge in [0, 0.05) is 18.4 Å². The Balaban J connectivity index is 2.07. The van der Waals surface area contributed by atoms with Crippen molar-refractivity contribution in [2.24, 2.45) is 0 Å². The number of likely N-dealkylation sites (N-methyl/N-ethyl adjacent to an activating group) is 1. The van der Waals surface area contributed by atoms with E-state index in [0.717, 1.165) is 26.3 Å². The topological polar surface area (TPSA) is 37.0 Å². The minimum Gasteiger partial charge on any atom is -0.379 e. The normalized spacial score (nSPS) is 19.8. The molecule has 1 aromatic heterocycles. The standard InChI is InChI=1S/C10H16N2O/c1-2-11-6-10(7-13-8-10)9-4-3-5-12-9/h3-5,11-12H,2,6-8H2,1H3. The van der Waals surface area contributed by atoms with Gasteiger partial charge in [-0.2, -0.15) is 0 Å². The van der Waals surface area contributed by atoms with Crippen LogP contribution in [0.1, 0.15) is 12.6 Å². The Hall–Kier alpha value is -0.800. The Morgan fingerprint density at radius 1 is 1.62 bits per heavy atom. The van der Waals surface area contributed by atoms with Crippen LogP contribution >= 0.6 is 0 Å². The van der Waals surface area contributed by atoms with Gasteiger partial charge in [0.1, 0.15) is 0 Å². The van der Waals surface area contributed by atoms with Crippen LogP contribution in [0.2, 0.25) is 0 Å². The van der Waals surface area contributed by atoms with Gasteiger partial charge in [-0.1, -0.05) is 6.92 Å². The van der Waals surface area contributed by atoms with Crippen molar-refractivity contribution in [1.29, 1.82) is 0 Å². The van der Waals surface area contributed by atoms with E-state index in [9.17, 15) is 0 Å². The molecule has 13 heavy (non-hydrogen) atoms. The summed E-state index contributed by atoms with van der Waals surface area (Å²) >= 11 is 0. The number of ether oxygens (including phenoxy) is 1. The number of aromatic amines is 1. The molecule has 2 rings (SSSR count). The summed E-state index contributed by atoms with van der Waals surface area (Å²) in [6.45, 7) is 5.81. The SMILES string of the molecule is CCNCC1(c2ccc[nH]2)COC1. The fourth-order valence-electron chi connectivity index (χ4n) is 1.73. The molecule has 1 aliphatic heterocycles. The third-order valence-corrected chi connectivity index (χ3v) is 2.64. The van der Waals surface area contributed by atoms with Gasteiger partial charge in [0.25, 0.3) is 0 Å². The van der Waals surface area contributed by atoms with Gasteiger partial charge in [0.05, 0.1) is 18.6 Å². The van der Waals surface area contributed by atoms with E-state index in [4.69, 9.17) is 4.74 Å². The van der Waals surface area contributed by atoms with Gasteiger partial charge in [-0.25, -0.2) is 0 Å². The Labute approximate surface area is 78.5 Å². The molecule has 0 bridgehead atoms. The van der Waals surface area contributed by atoms with E-state index in [1.54, 1.807) is 0 Å². The summed E-state index contributed by atoms with van der Waals surface area (Å²) in [4.78, 5) is 3.27. The van der Waals surface area contributed by atoms with Crippen LogP contribution in [0.4, 0.5) is 0 Å². The van der Waals surface area contributed by atoms with Crippen molar-refractivity contribution in [3.8, 4) is 0 Å². The molecule has 3 heteroatoms. The summed E-state index contributed by atoms with van der Waals surface area (Å²) in [5.41, 5.74) is 1.50. The van der Waals surface area contributed by atoms with Crippen molar-refractivity contribution in [2.75, 3.05) is 26.3 Å². The molecule has 3 nitrogen and oxygen atoms in total. The van der Waals surface area contributed by atoms with Crippen molar-refractivity contribution in [3.05, 3.63) is 24.0 Å². The fourth-order valence-corrected chi connectivity index (χ4v) is 1.73. The Bertz CT molecular complexity index is 252. The largest absolute Gasteiger partial charge is 0.379 e. The molecule has 0 atom stereocenters. The maximum atomic E-state index is 5.30. The lowest BCUT2D eigenvalue weighted by Gasteiger charge is -2.41. The first kappa shape index (κ1) is 8.78. The first-order valence-corrected chi connectivity index (χ1v) is 4.80. The Morgan fingerprint density at radius 2 is 2.46 bits per heavy atom. The molecule has 1 aromatic rings. The molecule has 1 fully saturated rings. The number of hydrogen-bond acceptors (Lipinski definition) is 2. The van der Waals surface area contributed by atoms with Gasteiger partial charge < -0.3 is 15.0 Å². The van der Waals surface area contributed by atoms with E-state index in [-0.39, 0.29) is 5.41 Å². The maximum Gasteiger partial charge on any atom is 0.0694 e. The van der Waals surface area contributed by atoms with Crippen LogP contribution in [0, 0.1) is 0 Å². The smallest absolute Gasteiger partial charge is 0.0694 e. The highest BCUT2D eigenvalue weighted by Crippen LogP contribution is 2.30. The molecule has 0 amide bonds. The van der Waals surface area contributed by atoms with Crippen LogP contribution in [-0.2, 0) is 10.2 Å². The molecule has 0 aromatic carbocycles. The molecule has 0 aliphatic carbocycles. The van der Waals surface area contributed by atoms with E-state index in [1.807, 2.05) is 12.3 Å². The van der Waals surface area contributed by atoms with Gasteiger partial charge in [-0.3, -0.25) is 0 Å². The lowest BCUT2D eigenvalue weighted by Crippen LogP contribution is -2.53. The molecule has 0 saturated carbocycles. The number of rotatable bonds is 4. The summed E-state index contributed by atoms with van der Waals surface area (Å²) in [6.07, 6.45) is 1.97. The molecule has 0 unspecified atom stereocenters. The van der Waals surface area contributed by atoms with Crippen LogP contribution in [0.15, 0.2) is 18.3 Å². The highest BCUT2D eigenvalue weighted by atomic mass is 16.5. The average molecular weight is 180 g/mol. The molecule has 72 valence electrons. The van der Waals surface area contributed by atoms with Gasteiger partial charge in [0.15, 0.2) is 0 Å². The molecule has 1 saturated heterocycles. The first-order chi connectivity index (χ1) is 6.37. The third-order valence-electron chi connectivity index (χ3n) is 2.64. The molecule has 0 radical (unpaired) electrons. The lowest BCUT2D eigenvalue weighted by atomic mass is 9.82. The summed E-state index contributed by atoms with van der Waals surface area (Å²) in [5, 5.41) is 3.38. The van der Waals surface area contributed by atoms with Gasteiger partial charge in [-0.05, 0) is 18.7 Å². The van der Waals surface area contributed by atoms with Gasteiger partial charge in [0.2, 0.25) is 0 Å². The van der Waals surface area contributed by atoms with Gasteiger partial charge >= 0.3 is 0 Å². The molecule has 2 N–H and O–H groups in total. The monoisotopic (exact) mass is 180 g/mol. The summed E-state index contributed by atoms with van der Waals surface area (Å²) in [6, 6.07) is 4.18. The Morgan fingerprint density at radius 3 is 2.92 bits per heavy atom. The van der Waals surface area contributed by atoms with E-state index in [2.05, 4.69) is 23.3 Å². The zero-order chi connectivity index (χ0) is 9.15. The predicted molar refractivity (Wildman–Crippen MR) is 51.8 cm³/mol. The minimum absolute atomic E-state index is 0.208. The maximum absolute atomic E-state index is 5.30. The van der Waals surface area contributed by atoms with Crippen LogP contribution in [0.25, 0.3) is 0 Å². The van der Waals surface area contributed by atoms with Crippen molar-refractivity contribution in [3.63, 3.8) is 0 Å². The van der Waals surface area contributed by atoms with E-state index in [1.165, 1.54) is 5.69 Å². The molecular weight excluding hydrogens is 164 g/mol. The quantitative estimate of drug-likeness (QED) is 0.722. The highest BCUT2D eigenvalue weighted by molar-refractivity contribution is 5.21. The van der Waals surface area contributed by atoms with Crippen LogP contribution in [0.5, 0.6) is 0 Å². The number of hydrogen-bond donors (Lipinski definition) is 2. The van der Waals surface area contributed by atoms with Crippen LogP contribution in [0.3, 0.4) is 0 Å². The number of nitrogens with one attached hydrogen (secondary N) is 2. The lowest BCUT2D eigenvalue weighted by molar-refractivity contribution is -0.0606. The fraction of sp³-hybridized carbons (Fsp3) is 0.600. The van der Waals surface area contributed by atoms with Crippen LogP contribution < -0.4 is 5.32 Å². The minimum atomic E-state index is 0.208. The van der Waals surface area contributed by atoms with Crippen molar-refractivity contribution >= 4 is 0 Å². The van der Waals surface area contributed by atoms with Crippen molar-refractivity contribution in [1.82, 2.24) is 10.3 Å². The number of aromatic nitrogens is 1. The third kappa shape index (κ3) is 1.49. The van der Waals surface area contributed by atoms with E-state index >= 15 is 0 Å². The molecule has 1 aliphatic rings. The second-order valence-corrected chi connectivity index (χ2v) is 3.64. The second kappa shape index (κ2) is 3.52. The van der Waals surface area contributed by atoms with Gasteiger partial charge in [-0.15, -0.1) is 0 Å². The second-order valence-electron chi connectivity index (χ2n) is 3.64. The van der Waals surface area contributed by atoms with E-state index in [0.29, 0.717) is 0 Å². The predicted octanol–water partition coefficient (Wildman–Crippen LogP) is 0.892. The summed E-state index contributed by atoms with van der Waals surface area (Å²) in [7, 11) is 0. The van der Waals surface area contributed by atoms with Crippen LogP contribution in [-0.4, -0.2) is 31.3 Å². The molecule has 0 spiro atoms. The Kier molecular flexibility index (Phi) is 2.38. The summed E-state index contributed by atoms with van der Waals surface area (Å²) < 4.78 is 5.30. The zero-order valence-electron chi connectivity index (χ0n) is 7.97. The summed E-state index contributed by atoms with van der Waals surface area (Å²) in [5.74, 6) is 0. The average Bonchev–Trinajstić information content (AvgIpc) is 2.56. The molecule has 2 heterocycles. The number of H-pyrrole nitrogens is 1. The van der Waals surface area contributed by atoms with Crippen molar-refractivity contribution in [2.45, 2.75) is 12.3 Å². The highest BCUT2D eigenvalue weighted by Gasteiger charge is 2.40.